The van der Waals surface area contributed by atoms with Crippen molar-refractivity contribution in [3.05, 3.63) is 48.0 Å². The lowest BCUT2D eigenvalue weighted by atomic mass is 10.1. The predicted molar refractivity (Wildman–Crippen MR) is 117 cm³/mol. The van der Waals surface area contributed by atoms with E-state index in [1.807, 2.05) is 35.2 Å². The first kappa shape index (κ1) is 19.6. The molecule has 0 spiro atoms. The van der Waals surface area contributed by atoms with Gasteiger partial charge in [0.15, 0.2) is 0 Å². The Bertz CT molecular complexity index is 1060. The van der Waals surface area contributed by atoms with Crippen LogP contribution in [0.25, 0.3) is 0 Å². The van der Waals surface area contributed by atoms with Gasteiger partial charge in [-0.25, -0.2) is 0 Å². The van der Waals surface area contributed by atoms with Crippen molar-refractivity contribution in [3.8, 4) is 5.75 Å². The summed E-state index contributed by atoms with van der Waals surface area (Å²) in [6, 6.07) is 13.0. The van der Waals surface area contributed by atoms with E-state index in [2.05, 4.69) is 5.32 Å². The van der Waals surface area contributed by atoms with Crippen molar-refractivity contribution in [1.29, 1.82) is 0 Å². The molecular formula is C24H25N3O4. The maximum Gasteiger partial charge on any atom is 0.230 e. The highest BCUT2D eigenvalue weighted by molar-refractivity contribution is 6.04. The summed E-state index contributed by atoms with van der Waals surface area (Å²) >= 11 is 0. The molecule has 7 heteroatoms. The molecule has 31 heavy (non-hydrogen) atoms. The Balaban J connectivity index is 1.29. The number of nitrogens with zero attached hydrogens (tertiary/aromatic N) is 2. The minimum absolute atomic E-state index is 0.0657. The number of para-hydroxylation sites is 2. The number of rotatable bonds is 5. The SMILES string of the molecule is COc1ccccc1NC(=O)[C@@H]1CC(=O)N(c2ccc3c(c2)CCN3C(=O)C2CC2)C1. The molecular weight excluding hydrogens is 394 g/mol. The van der Waals surface area contributed by atoms with Gasteiger partial charge in [0.1, 0.15) is 5.75 Å². The van der Waals surface area contributed by atoms with Crippen molar-refractivity contribution in [2.45, 2.75) is 25.7 Å². The van der Waals surface area contributed by atoms with Gasteiger partial charge in [-0.3, -0.25) is 14.4 Å². The van der Waals surface area contributed by atoms with E-state index in [4.69, 9.17) is 4.74 Å². The van der Waals surface area contributed by atoms with Crippen LogP contribution in [0.5, 0.6) is 5.75 Å². The molecule has 0 unspecified atom stereocenters. The van der Waals surface area contributed by atoms with Crippen LogP contribution in [0.3, 0.4) is 0 Å². The summed E-state index contributed by atoms with van der Waals surface area (Å²) in [6.07, 6.45) is 2.94. The Labute approximate surface area is 181 Å². The van der Waals surface area contributed by atoms with E-state index in [0.29, 0.717) is 24.5 Å². The third-order valence-electron chi connectivity index (χ3n) is 6.32. The fourth-order valence-corrected chi connectivity index (χ4v) is 4.45. The molecule has 160 valence electrons. The summed E-state index contributed by atoms with van der Waals surface area (Å²) in [4.78, 5) is 41.5. The molecule has 2 fully saturated rings. The molecule has 1 N–H and O–H groups in total. The minimum Gasteiger partial charge on any atom is -0.495 e. The second-order valence-electron chi connectivity index (χ2n) is 8.42. The van der Waals surface area contributed by atoms with Crippen molar-refractivity contribution in [2.75, 3.05) is 35.3 Å². The van der Waals surface area contributed by atoms with Crippen LogP contribution in [0.4, 0.5) is 17.1 Å². The summed E-state index contributed by atoms with van der Waals surface area (Å²) in [7, 11) is 1.55. The van der Waals surface area contributed by atoms with Gasteiger partial charge in [-0.15, -0.1) is 0 Å². The zero-order valence-corrected chi connectivity index (χ0v) is 17.5. The first-order chi connectivity index (χ1) is 15.0. The molecule has 1 aliphatic carbocycles. The normalized spacial score (nSPS) is 20.0. The number of hydrogen-bond donors (Lipinski definition) is 1. The third-order valence-corrected chi connectivity index (χ3v) is 6.32. The van der Waals surface area contributed by atoms with Gasteiger partial charge in [0, 0.05) is 36.8 Å². The van der Waals surface area contributed by atoms with E-state index in [1.165, 1.54) is 0 Å². The van der Waals surface area contributed by atoms with E-state index in [9.17, 15) is 14.4 Å². The topological polar surface area (TPSA) is 79.0 Å². The van der Waals surface area contributed by atoms with E-state index in [1.54, 1.807) is 24.1 Å². The second kappa shape index (κ2) is 7.72. The maximum atomic E-state index is 12.8. The lowest BCUT2D eigenvalue weighted by molar-refractivity contribution is -0.122. The fourth-order valence-electron chi connectivity index (χ4n) is 4.45. The molecule has 2 aromatic carbocycles. The molecule has 1 saturated carbocycles. The largest absolute Gasteiger partial charge is 0.495 e. The lowest BCUT2D eigenvalue weighted by Gasteiger charge is -2.20. The van der Waals surface area contributed by atoms with Crippen molar-refractivity contribution >= 4 is 34.8 Å². The molecule has 3 amide bonds. The summed E-state index contributed by atoms with van der Waals surface area (Å²) in [5.41, 5.74) is 3.43. The van der Waals surface area contributed by atoms with Crippen LogP contribution in [0.2, 0.25) is 0 Å². The van der Waals surface area contributed by atoms with E-state index < -0.39 is 5.92 Å². The average Bonchev–Trinajstić information content (AvgIpc) is 3.43. The van der Waals surface area contributed by atoms with Crippen LogP contribution in [-0.4, -0.2) is 37.9 Å². The fraction of sp³-hybridized carbons (Fsp3) is 0.375. The van der Waals surface area contributed by atoms with Crippen LogP contribution in [-0.2, 0) is 20.8 Å². The van der Waals surface area contributed by atoms with Crippen LogP contribution in [0.1, 0.15) is 24.8 Å². The van der Waals surface area contributed by atoms with Crippen molar-refractivity contribution in [3.63, 3.8) is 0 Å². The first-order valence-corrected chi connectivity index (χ1v) is 10.7. The number of nitrogens with one attached hydrogen (secondary N) is 1. The number of ether oxygens (including phenoxy) is 1. The molecule has 2 aliphatic heterocycles. The average molecular weight is 419 g/mol. The van der Waals surface area contributed by atoms with Gasteiger partial charge in [0.2, 0.25) is 17.7 Å². The molecule has 3 aliphatic rings. The minimum atomic E-state index is -0.432. The second-order valence-corrected chi connectivity index (χ2v) is 8.42. The van der Waals surface area contributed by atoms with Crippen LogP contribution in [0, 0.1) is 11.8 Å². The van der Waals surface area contributed by atoms with Crippen LogP contribution < -0.4 is 19.9 Å². The summed E-state index contributed by atoms with van der Waals surface area (Å²) in [5.74, 6) is 0.302. The van der Waals surface area contributed by atoms with Gasteiger partial charge < -0.3 is 19.9 Å². The monoisotopic (exact) mass is 419 g/mol. The highest BCUT2D eigenvalue weighted by Crippen LogP contribution is 2.38. The van der Waals surface area contributed by atoms with Gasteiger partial charge in [0.05, 0.1) is 18.7 Å². The van der Waals surface area contributed by atoms with Gasteiger partial charge in [-0.05, 0) is 55.2 Å². The Morgan fingerprint density at radius 2 is 1.90 bits per heavy atom. The molecule has 1 atom stereocenters. The molecule has 5 rings (SSSR count). The molecule has 2 heterocycles. The highest BCUT2D eigenvalue weighted by atomic mass is 16.5. The standard InChI is InChI=1S/C24H25N3O4/c1-31-21-5-3-2-4-19(21)25-23(29)17-13-22(28)27(14-17)18-8-9-20-16(12-18)10-11-26(20)24(30)15-6-7-15/h2-5,8-9,12,15,17H,6-7,10-11,13-14H2,1H3,(H,25,29)/t17-/m1/s1. The molecule has 1 saturated heterocycles. The summed E-state index contributed by atoms with van der Waals surface area (Å²) in [6.45, 7) is 1.04. The number of anilines is 3. The lowest BCUT2D eigenvalue weighted by Crippen LogP contribution is -2.30. The number of carbonyl (C=O) groups excluding carboxylic acids is 3. The number of carbonyl (C=O) groups is 3. The van der Waals surface area contributed by atoms with Gasteiger partial charge in [-0.2, -0.15) is 0 Å². The molecule has 2 aromatic rings. The van der Waals surface area contributed by atoms with Crippen LogP contribution in [0.15, 0.2) is 42.5 Å². The molecule has 0 radical (unpaired) electrons. The van der Waals surface area contributed by atoms with Gasteiger partial charge in [-0.1, -0.05) is 12.1 Å². The van der Waals surface area contributed by atoms with Gasteiger partial charge in [0.25, 0.3) is 0 Å². The van der Waals surface area contributed by atoms with Gasteiger partial charge >= 0.3 is 0 Å². The zero-order chi connectivity index (χ0) is 21.5. The quantitative estimate of drug-likeness (QED) is 0.808. The van der Waals surface area contributed by atoms with Crippen molar-refractivity contribution < 1.29 is 19.1 Å². The van der Waals surface area contributed by atoms with E-state index in [-0.39, 0.29) is 30.1 Å². The number of hydrogen-bond acceptors (Lipinski definition) is 4. The number of fused-ring (bicyclic) bond motifs is 1. The van der Waals surface area contributed by atoms with Crippen LogP contribution >= 0.6 is 0 Å². The number of amides is 3. The Kier molecular flexibility index (Phi) is 4.88. The smallest absolute Gasteiger partial charge is 0.230 e. The number of methoxy groups -OCH3 is 1. The predicted octanol–water partition coefficient (Wildman–Crippen LogP) is 2.99. The zero-order valence-electron chi connectivity index (χ0n) is 17.5. The highest BCUT2D eigenvalue weighted by Gasteiger charge is 2.38. The van der Waals surface area contributed by atoms with E-state index in [0.717, 1.165) is 36.2 Å². The Morgan fingerprint density at radius 3 is 2.68 bits per heavy atom. The first-order valence-electron chi connectivity index (χ1n) is 10.7. The van der Waals surface area contributed by atoms with Crippen molar-refractivity contribution in [2.24, 2.45) is 11.8 Å². The summed E-state index contributed by atoms with van der Waals surface area (Å²) < 4.78 is 5.29. The summed E-state index contributed by atoms with van der Waals surface area (Å²) in [5, 5.41) is 2.89. The number of benzene rings is 2. The van der Waals surface area contributed by atoms with Crippen molar-refractivity contribution in [1.82, 2.24) is 0 Å². The Morgan fingerprint density at radius 1 is 1.10 bits per heavy atom. The molecule has 0 bridgehead atoms. The maximum absolute atomic E-state index is 12.8. The van der Waals surface area contributed by atoms with E-state index >= 15 is 0 Å². The molecule has 0 aromatic heterocycles. The Hall–Kier alpha value is -3.35. The molecule has 7 nitrogen and oxygen atoms in total. The third kappa shape index (κ3) is 3.65.